The minimum absolute atomic E-state index is 0.176. The van der Waals surface area contributed by atoms with E-state index >= 15 is 0 Å². The first-order valence-electron chi connectivity index (χ1n) is 9.62. The van der Waals surface area contributed by atoms with Crippen LogP contribution < -0.4 is 0 Å². The Bertz CT molecular complexity index is 1050. The van der Waals surface area contributed by atoms with Gasteiger partial charge in [-0.05, 0) is 36.6 Å². The van der Waals surface area contributed by atoms with Crippen LogP contribution in [0.15, 0.2) is 70.0 Å². The summed E-state index contributed by atoms with van der Waals surface area (Å²) in [5.41, 5.74) is 1.70. The second kappa shape index (κ2) is 8.21. The predicted molar refractivity (Wildman–Crippen MR) is 111 cm³/mol. The summed E-state index contributed by atoms with van der Waals surface area (Å²) >= 11 is 0. The van der Waals surface area contributed by atoms with E-state index in [1.54, 1.807) is 18.2 Å². The maximum absolute atomic E-state index is 12.3. The van der Waals surface area contributed by atoms with Crippen molar-refractivity contribution in [1.29, 1.82) is 0 Å². The third kappa shape index (κ3) is 4.24. The van der Waals surface area contributed by atoms with Crippen molar-refractivity contribution in [3.05, 3.63) is 71.8 Å². The number of fused-ring (bicyclic) bond motifs is 1. The number of hydrogen-bond acceptors (Lipinski definition) is 5. The molecule has 0 amide bonds. The molecule has 4 rings (SSSR count). The second-order valence-corrected chi connectivity index (χ2v) is 8.66. The summed E-state index contributed by atoms with van der Waals surface area (Å²) in [6.07, 6.45) is 4.98. The molecule has 0 aliphatic carbocycles. The summed E-state index contributed by atoms with van der Waals surface area (Å²) in [5.74, 6) is 0.104. The van der Waals surface area contributed by atoms with Crippen LogP contribution in [0.4, 0.5) is 0 Å². The number of piperidine rings is 1. The number of rotatable bonds is 4. The zero-order valence-corrected chi connectivity index (χ0v) is 16.7. The number of carbonyl (C=O) groups excluding carboxylic acids is 1. The summed E-state index contributed by atoms with van der Waals surface area (Å²) in [5, 5.41) is 0. The van der Waals surface area contributed by atoms with Gasteiger partial charge in [0.2, 0.25) is 0 Å². The highest BCUT2D eigenvalue weighted by molar-refractivity contribution is 7.90. The molecule has 1 saturated heterocycles. The fourth-order valence-corrected chi connectivity index (χ4v) is 4.87. The number of likely N-dealkylation sites (tertiary alicyclic amines) is 1. The number of carbonyl (C=O) groups is 1. The molecule has 6 nitrogen and oxygen atoms in total. The van der Waals surface area contributed by atoms with Crippen molar-refractivity contribution in [2.75, 3.05) is 19.7 Å². The van der Waals surface area contributed by atoms with Crippen LogP contribution in [0, 0.1) is 5.92 Å². The van der Waals surface area contributed by atoms with E-state index < -0.39 is 10.0 Å². The Balaban J connectivity index is 1.31. The summed E-state index contributed by atoms with van der Waals surface area (Å²) < 4.78 is 33.8. The highest BCUT2D eigenvalue weighted by Gasteiger charge is 2.34. The van der Waals surface area contributed by atoms with Crippen molar-refractivity contribution < 1.29 is 17.9 Å². The largest absolute Gasteiger partial charge is 0.461 e. The Hall–Kier alpha value is -2.93. The summed E-state index contributed by atoms with van der Waals surface area (Å²) in [4.78, 5) is 14.5. The van der Waals surface area contributed by atoms with E-state index in [0.29, 0.717) is 37.3 Å². The number of amidine groups is 1. The highest BCUT2D eigenvalue weighted by Crippen LogP contribution is 2.29. The molecule has 0 unspecified atom stereocenters. The van der Waals surface area contributed by atoms with Gasteiger partial charge in [0.05, 0.1) is 5.92 Å². The second-order valence-electron chi connectivity index (χ2n) is 7.09. The van der Waals surface area contributed by atoms with Gasteiger partial charge in [0.15, 0.2) is 5.84 Å². The van der Waals surface area contributed by atoms with Crippen molar-refractivity contribution in [3.63, 3.8) is 0 Å². The average molecular weight is 410 g/mol. The molecule has 0 N–H and O–H groups in total. The van der Waals surface area contributed by atoms with E-state index in [1.165, 1.54) is 0 Å². The monoisotopic (exact) mass is 410 g/mol. The van der Waals surface area contributed by atoms with Crippen LogP contribution in [-0.2, 0) is 19.6 Å². The van der Waals surface area contributed by atoms with Gasteiger partial charge in [-0.2, -0.15) is 8.42 Å². The molecule has 150 valence electrons. The van der Waals surface area contributed by atoms with Crippen molar-refractivity contribution in [2.24, 2.45) is 10.3 Å². The minimum Gasteiger partial charge on any atom is -0.461 e. The van der Waals surface area contributed by atoms with Crippen LogP contribution in [0.25, 0.3) is 6.08 Å². The molecule has 0 aromatic heterocycles. The quantitative estimate of drug-likeness (QED) is 0.724. The Morgan fingerprint density at radius 3 is 2.52 bits per heavy atom. The zero-order chi connectivity index (χ0) is 20.3. The van der Waals surface area contributed by atoms with Crippen LogP contribution in [0.3, 0.4) is 0 Å². The van der Waals surface area contributed by atoms with Gasteiger partial charge < -0.3 is 9.64 Å². The minimum atomic E-state index is -3.62. The van der Waals surface area contributed by atoms with E-state index in [-0.39, 0.29) is 23.4 Å². The Labute approximate surface area is 170 Å². The standard InChI is InChI=1S/C22H22N2O4S/c25-22(28-16-6-9-17-7-2-1-3-8-17)18-12-14-24(15-13-18)21-19-10-4-5-11-20(19)29(26,27)23-21/h1-11,18H,12-16H2. The lowest BCUT2D eigenvalue weighted by Gasteiger charge is -2.32. The van der Waals surface area contributed by atoms with E-state index in [4.69, 9.17) is 4.74 Å². The molecule has 2 aliphatic rings. The van der Waals surface area contributed by atoms with Gasteiger partial charge in [-0.15, -0.1) is 4.40 Å². The summed E-state index contributed by atoms with van der Waals surface area (Å²) in [7, 11) is -3.62. The molecular formula is C22H22N2O4S. The van der Waals surface area contributed by atoms with Gasteiger partial charge in [-0.3, -0.25) is 4.79 Å². The SMILES string of the molecule is O=C(OCC=Cc1ccccc1)C1CCN(C2=NS(=O)(=O)c3ccccc32)CC1. The molecule has 0 radical (unpaired) electrons. The van der Waals surface area contributed by atoms with Gasteiger partial charge >= 0.3 is 5.97 Å². The Kier molecular flexibility index (Phi) is 5.49. The van der Waals surface area contributed by atoms with E-state index in [9.17, 15) is 13.2 Å². The van der Waals surface area contributed by atoms with Crippen molar-refractivity contribution >= 4 is 27.9 Å². The first-order valence-corrected chi connectivity index (χ1v) is 11.1. The fraction of sp³-hybridized carbons (Fsp3) is 0.273. The molecule has 1 fully saturated rings. The summed E-state index contributed by atoms with van der Waals surface area (Å²) in [6.45, 7) is 1.39. The highest BCUT2D eigenvalue weighted by atomic mass is 32.2. The lowest BCUT2D eigenvalue weighted by atomic mass is 9.96. The number of benzene rings is 2. The van der Waals surface area contributed by atoms with Crippen molar-refractivity contribution in [1.82, 2.24) is 4.90 Å². The molecule has 0 spiro atoms. The van der Waals surface area contributed by atoms with Gasteiger partial charge in [0.25, 0.3) is 10.0 Å². The van der Waals surface area contributed by atoms with Crippen LogP contribution in [0.2, 0.25) is 0 Å². The maximum Gasteiger partial charge on any atom is 0.309 e. The van der Waals surface area contributed by atoms with Gasteiger partial charge in [-0.25, -0.2) is 0 Å². The lowest BCUT2D eigenvalue weighted by molar-refractivity contribution is -0.148. The topological polar surface area (TPSA) is 76.0 Å². The molecule has 29 heavy (non-hydrogen) atoms. The van der Waals surface area contributed by atoms with Gasteiger partial charge in [0, 0.05) is 18.7 Å². The molecular weight excluding hydrogens is 388 g/mol. The van der Waals surface area contributed by atoms with E-state index in [1.807, 2.05) is 53.5 Å². The normalized spacial score (nSPS) is 18.5. The number of esters is 1. The van der Waals surface area contributed by atoms with Crippen LogP contribution in [0.5, 0.6) is 0 Å². The molecule has 0 saturated carbocycles. The van der Waals surface area contributed by atoms with Crippen LogP contribution in [0.1, 0.15) is 24.0 Å². The number of hydrogen-bond donors (Lipinski definition) is 0. The number of nitrogens with zero attached hydrogens (tertiary/aromatic N) is 2. The van der Waals surface area contributed by atoms with Crippen molar-refractivity contribution in [3.8, 4) is 0 Å². The summed E-state index contributed by atoms with van der Waals surface area (Å²) in [6, 6.07) is 16.7. The average Bonchev–Trinajstić information content (AvgIpc) is 3.03. The predicted octanol–water partition coefficient (Wildman–Crippen LogP) is 3.10. The first-order chi connectivity index (χ1) is 14.0. The van der Waals surface area contributed by atoms with Crippen LogP contribution >= 0.6 is 0 Å². The molecule has 2 aromatic rings. The third-order valence-corrected chi connectivity index (χ3v) is 6.50. The smallest absolute Gasteiger partial charge is 0.309 e. The van der Waals surface area contributed by atoms with Crippen molar-refractivity contribution in [2.45, 2.75) is 17.7 Å². The molecule has 7 heteroatoms. The number of ether oxygens (including phenoxy) is 1. The maximum atomic E-state index is 12.3. The molecule has 0 bridgehead atoms. The molecule has 2 aliphatic heterocycles. The number of sulfonamides is 1. The molecule has 2 heterocycles. The first kappa shape index (κ1) is 19.4. The molecule has 2 aromatic carbocycles. The Morgan fingerprint density at radius 1 is 1.07 bits per heavy atom. The molecule has 0 atom stereocenters. The van der Waals surface area contributed by atoms with Crippen LogP contribution in [-0.4, -0.2) is 44.8 Å². The van der Waals surface area contributed by atoms with Gasteiger partial charge in [-0.1, -0.05) is 48.5 Å². The third-order valence-electron chi connectivity index (χ3n) is 5.17. The fourth-order valence-electron chi connectivity index (χ4n) is 3.64. The Morgan fingerprint density at radius 2 is 1.76 bits per heavy atom. The van der Waals surface area contributed by atoms with Gasteiger partial charge in [0.1, 0.15) is 11.5 Å². The van der Waals surface area contributed by atoms with E-state index in [0.717, 1.165) is 5.56 Å². The zero-order valence-electron chi connectivity index (χ0n) is 15.9. The lowest BCUT2D eigenvalue weighted by Crippen LogP contribution is -2.40. The van der Waals surface area contributed by atoms with E-state index in [2.05, 4.69) is 4.40 Å².